The van der Waals surface area contributed by atoms with Gasteiger partial charge in [0.2, 0.25) is 0 Å². The highest BCUT2D eigenvalue weighted by Gasteiger charge is 2.10. The second-order valence-electron chi connectivity index (χ2n) is 4.63. The number of aromatic nitrogens is 4. The highest BCUT2D eigenvalue weighted by atomic mass is 32.1. The van der Waals surface area contributed by atoms with Crippen molar-refractivity contribution in [2.75, 3.05) is 5.43 Å². The first-order chi connectivity index (χ1) is 10.3. The van der Waals surface area contributed by atoms with Crippen LogP contribution in [0.25, 0.3) is 21.1 Å². The number of hydrazine groups is 1. The molecule has 0 atom stereocenters. The maximum Gasteiger partial charge on any atom is 0.153 e. The van der Waals surface area contributed by atoms with Crippen LogP contribution in [0.2, 0.25) is 0 Å². The number of para-hydroxylation sites is 1. The van der Waals surface area contributed by atoms with Gasteiger partial charge in [-0.2, -0.15) is 5.10 Å². The molecule has 4 aromatic rings. The summed E-state index contributed by atoms with van der Waals surface area (Å²) in [5.74, 6) is 6.88. The van der Waals surface area contributed by atoms with Gasteiger partial charge in [0.1, 0.15) is 11.4 Å². The van der Waals surface area contributed by atoms with Crippen molar-refractivity contribution >= 4 is 38.3 Å². The monoisotopic (exact) mass is 296 g/mol. The Balaban J connectivity index is 1.80. The summed E-state index contributed by atoms with van der Waals surface area (Å²) in [6.07, 6.45) is 1.85. The van der Waals surface area contributed by atoms with E-state index in [2.05, 4.69) is 20.5 Å². The smallest absolute Gasteiger partial charge is 0.153 e. The summed E-state index contributed by atoms with van der Waals surface area (Å²) in [5, 5.41) is 8.43. The van der Waals surface area contributed by atoms with Crippen molar-refractivity contribution in [2.24, 2.45) is 5.84 Å². The highest BCUT2D eigenvalue weighted by molar-refractivity contribution is 7.16. The van der Waals surface area contributed by atoms with Crippen LogP contribution < -0.4 is 11.3 Å². The number of nitrogens with two attached hydrogens (primary N) is 1. The van der Waals surface area contributed by atoms with Crippen LogP contribution in [0.1, 0.15) is 5.82 Å². The number of rotatable bonds is 3. The third kappa shape index (κ3) is 2.03. The Kier molecular flexibility index (Phi) is 2.80. The summed E-state index contributed by atoms with van der Waals surface area (Å²) in [4.78, 5) is 9.97. The van der Waals surface area contributed by atoms with Crippen molar-refractivity contribution in [1.82, 2.24) is 19.7 Å². The molecule has 3 aromatic heterocycles. The summed E-state index contributed by atoms with van der Waals surface area (Å²) in [5.41, 5.74) is 3.70. The number of thiophene rings is 1. The first-order valence-electron chi connectivity index (χ1n) is 6.46. The van der Waals surface area contributed by atoms with Gasteiger partial charge in [-0.05, 0) is 17.5 Å². The Bertz CT molecular complexity index is 925. The average molecular weight is 296 g/mol. The number of hydrogen-bond donors (Lipinski definition) is 2. The predicted molar refractivity (Wildman–Crippen MR) is 84.1 cm³/mol. The van der Waals surface area contributed by atoms with Gasteiger partial charge in [-0.15, -0.1) is 11.3 Å². The minimum atomic E-state index is 0.510. The molecule has 0 fully saturated rings. The van der Waals surface area contributed by atoms with Gasteiger partial charge in [0.05, 0.1) is 17.1 Å². The van der Waals surface area contributed by atoms with Gasteiger partial charge in [0, 0.05) is 5.39 Å². The van der Waals surface area contributed by atoms with Crippen molar-refractivity contribution in [1.29, 1.82) is 0 Å². The molecule has 1 aromatic carbocycles. The maximum atomic E-state index is 5.55. The molecule has 6 nitrogen and oxygen atoms in total. The van der Waals surface area contributed by atoms with Gasteiger partial charge in [0.15, 0.2) is 11.6 Å². The molecule has 0 aliphatic heterocycles. The second-order valence-corrected chi connectivity index (χ2v) is 5.53. The van der Waals surface area contributed by atoms with E-state index in [0.29, 0.717) is 18.2 Å². The second kappa shape index (κ2) is 4.80. The Morgan fingerprint density at radius 2 is 2.10 bits per heavy atom. The molecule has 0 spiro atoms. The molecular formula is C14H12N6S. The van der Waals surface area contributed by atoms with Crippen LogP contribution in [0, 0.1) is 0 Å². The molecule has 7 heteroatoms. The van der Waals surface area contributed by atoms with Crippen LogP contribution in [0.5, 0.6) is 0 Å². The average Bonchev–Trinajstić information content (AvgIpc) is 3.14. The summed E-state index contributed by atoms with van der Waals surface area (Å²) in [6, 6.07) is 10.0. The van der Waals surface area contributed by atoms with Gasteiger partial charge in [0.25, 0.3) is 0 Å². The summed E-state index contributed by atoms with van der Waals surface area (Å²) in [7, 11) is 0. The van der Waals surface area contributed by atoms with Crippen LogP contribution in [-0.4, -0.2) is 19.7 Å². The molecule has 104 valence electrons. The summed E-state index contributed by atoms with van der Waals surface area (Å²) in [6.45, 7) is 0.510. The van der Waals surface area contributed by atoms with Crippen LogP contribution in [0.4, 0.5) is 5.82 Å². The number of anilines is 1. The molecule has 0 aliphatic rings. The van der Waals surface area contributed by atoms with E-state index in [1.807, 2.05) is 46.6 Å². The van der Waals surface area contributed by atoms with Gasteiger partial charge in [-0.25, -0.2) is 15.8 Å². The fourth-order valence-corrected chi connectivity index (χ4v) is 3.15. The molecule has 0 radical (unpaired) electrons. The first kappa shape index (κ1) is 12.2. The molecule has 3 heterocycles. The maximum absolute atomic E-state index is 5.55. The lowest BCUT2D eigenvalue weighted by Crippen LogP contribution is -2.12. The van der Waals surface area contributed by atoms with Crippen molar-refractivity contribution < 1.29 is 0 Å². The van der Waals surface area contributed by atoms with E-state index in [1.54, 1.807) is 11.3 Å². The standard InChI is InChI=1S/C14H12N6S/c15-19-13-10-5-6-21-14(10)18-12(17-13)8-20-11-4-2-1-3-9(11)7-16-20/h1-7H,8,15H2,(H,17,18,19). The molecule has 0 saturated carbocycles. The lowest BCUT2D eigenvalue weighted by Gasteiger charge is -2.06. The fraction of sp³-hybridized carbons (Fsp3) is 0.0714. The zero-order valence-electron chi connectivity index (χ0n) is 11.0. The number of hydrogen-bond acceptors (Lipinski definition) is 6. The number of benzene rings is 1. The highest BCUT2D eigenvalue weighted by Crippen LogP contribution is 2.24. The zero-order chi connectivity index (χ0) is 14.2. The molecule has 0 aliphatic carbocycles. The predicted octanol–water partition coefficient (Wildman–Crippen LogP) is 2.37. The Labute approximate surface area is 124 Å². The topological polar surface area (TPSA) is 81.6 Å². The lowest BCUT2D eigenvalue weighted by molar-refractivity contribution is 0.681. The van der Waals surface area contributed by atoms with E-state index in [0.717, 1.165) is 21.1 Å². The summed E-state index contributed by atoms with van der Waals surface area (Å²) < 4.78 is 1.89. The SMILES string of the molecule is NNc1nc(Cn2ncc3ccccc32)nc2sccc12. The Hall–Kier alpha value is -2.51. The quantitative estimate of drug-likeness (QED) is 0.448. The zero-order valence-corrected chi connectivity index (χ0v) is 11.8. The van der Waals surface area contributed by atoms with E-state index in [4.69, 9.17) is 5.84 Å². The molecule has 0 unspecified atom stereocenters. The van der Waals surface area contributed by atoms with E-state index in [-0.39, 0.29) is 0 Å². The van der Waals surface area contributed by atoms with Gasteiger partial charge < -0.3 is 5.43 Å². The number of nitrogens with one attached hydrogen (secondary N) is 1. The molecule has 21 heavy (non-hydrogen) atoms. The molecule has 4 rings (SSSR count). The minimum Gasteiger partial charge on any atom is -0.308 e. The van der Waals surface area contributed by atoms with E-state index >= 15 is 0 Å². The van der Waals surface area contributed by atoms with Crippen molar-refractivity contribution in [2.45, 2.75) is 6.54 Å². The van der Waals surface area contributed by atoms with Gasteiger partial charge >= 0.3 is 0 Å². The van der Waals surface area contributed by atoms with Crippen molar-refractivity contribution in [3.8, 4) is 0 Å². The number of fused-ring (bicyclic) bond motifs is 2. The molecule has 0 bridgehead atoms. The third-order valence-corrected chi connectivity index (χ3v) is 4.16. The third-order valence-electron chi connectivity index (χ3n) is 3.35. The van der Waals surface area contributed by atoms with Gasteiger partial charge in [-0.1, -0.05) is 18.2 Å². The van der Waals surface area contributed by atoms with Crippen LogP contribution >= 0.6 is 11.3 Å². The van der Waals surface area contributed by atoms with Crippen LogP contribution in [-0.2, 0) is 6.54 Å². The lowest BCUT2D eigenvalue weighted by atomic mass is 10.2. The fourth-order valence-electron chi connectivity index (χ4n) is 2.37. The van der Waals surface area contributed by atoms with E-state index in [9.17, 15) is 0 Å². The van der Waals surface area contributed by atoms with Gasteiger partial charge in [-0.3, -0.25) is 4.68 Å². The van der Waals surface area contributed by atoms with E-state index < -0.39 is 0 Å². The first-order valence-corrected chi connectivity index (χ1v) is 7.34. The largest absolute Gasteiger partial charge is 0.308 e. The minimum absolute atomic E-state index is 0.510. The Morgan fingerprint density at radius 1 is 1.19 bits per heavy atom. The normalized spacial score (nSPS) is 11.3. The van der Waals surface area contributed by atoms with Crippen molar-refractivity contribution in [3.05, 3.63) is 47.7 Å². The Morgan fingerprint density at radius 3 is 3.00 bits per heavy atom. The summed E-state index contributed by atoms with van der Waals surface area (Å²) >= 11 is 1.57. The van der Waals surface area contributed by atoms with E-state index in [1.165, 1.54) is 0 Å². The molecule has 3 N–H and O–H groups in total. The van der Waals surface area contributed by atoms with Crippen LogP contribution in [0.3, 0.4) is 0 Å². The molecule has 0 amide bonds. The van der Waals surface area contributed by atoms with Crippen molar-refractivity contribution in [3.63, 3.8) is 0 Å². The number of nitrogen functional groups attached to an aromatic ring is 1. The van der Waals surface area contributed by atoms with Crippen LogP contribution in [0.15, 0.2) is 41.9 Å². The molecular weight excluding hydrogens is 284 g/mol. The molecule has 0 saturated heterocycles. The number of nitrogens with zero attached hydrogens (tertiary/aromatic N) is 4.